The standard InChI is InChI=1S/C20H26N2O5/c23-13-15-6-5-14(11-18(15)26-16-3-1-2-4-16)17-12-19(27-21-17)20(24)22-7-9-25-10-8-22/h5-6,11,16,19,23H,1-4,7-10,12-13H2. The van der Waals surface area contributed by atoms with Gasteiger partial charge in [0, 0.05) is 30.6 Å². The van der Waals surface area contributed by atoms with Gasteiger partial charge in [-0.2, -0.15) is 0 Å². The van der Waals surface area contributed by atoms with Gasteiger partial charge in [-0.05, 0) is 31.7 Å². The Balaban J connectivity index is 1.44. The van der Waals surface area contributed by atoms with E-state index in [1.165, 1.54) is 12.8 Å². The molecule has 2 aliphatic heterocycles. The van der Waals surface area contributed by atoms with Crippen molar-refractivity contribution in [2.45, 2.75) is 50.9 Å². The van der Waals surface area contributed by atoms with E-state index in [4.69, 9.17) is 14.3 Å². The van der Waals surface area contributed by atoms with E-state index in [9.17, 15) is 9.90 Å². The number of carbonyl (C=O) groups is 1. The van der Waals surface area contributed by atoms with Crippen LogP contribution in [-0.4, -0.2) is 60.1 Å². The topological polar surface area (TPSA) is 80.6 Å². The van der Waals surface area contributed by atoms with E-state index >= 15 is 0 Å². The number of rotatable bonds is 5. The van der Waals surface area contributed by atoms with E-state index in [0.29, 0.717) is 38.5 Å². The highest BCUT2D eigenvalue weighted by molar-refractivity contribution is 6.04. The lowest BCUT2D eigenvalue weighted by Gasteiger charge is -2.28. The summed E-state index contributed by atoms with van der Waals surface area (Å²) in [6.45, 7) is 2.26. The molecule has 1 amide bonds. The number of amides is 1. The predicted octanol–water partition coefficient (Wildman–Crippen LogP) is 1.85. The van der Waals surface area contributed by atoms with Crippen LogP contribution in [0, 0.1) is 0 Å². The Bertz CT molecular complexity index is 708. The summed E-state index contributed by atoms with van der Waals surface area (Å²) in [4.78, 5) is 19.8. The van der Waals surface area contributed by atoms with Gasteiger partial charge < -0.3 is 24.3 Å². The number of aliphatic hydroxyl groups is 1. The van der Waals surface area contributed by atoms with Gasteiger partial charge in [0.15, 0.2) is 0 Å². The van der Waals surface area contributed by atoms with Gasteiger partial charge in [0.25, 0.3) is 5.91 Å². The van der Waals surface area contributed by atoms with Crippen molar-refractivity contribution in [3.05, 3.63) is 29.3 Å². The quantitative estimate of drug-likeness (QED) is 0.851. The first-order chi connectivity index (χ1) is 13.2. The van der Waals surface area contributed by atoms with Crippen LogP contribution in [0.25, 0.3) is 0 Å². The molecule has 0 bridgehead atoms. The molecule has 27 heavy (non-hydrogen) atoms. The van der Waals surface area contributed by atoms with Crippen LogP contribution < -0.4 is 4.74 Å². The second-order valence-electron chi connectivity index (χ2n) is 7.28. The molecule has 1 aliphatic carbocycles. The van der Waals surface area contributed by atoms with E-state index in [0.717, 1.165) is 29.7 Å². The normalized spacial score (nSPS) is 23.2. The monoisotopic (exact) mass is 374 g/mol. The van der Waals surface area contributed by atoms with Crippen molar-refractivity contribution in [3.63, 3.8) is 0 Å². The number of ether oxygens (including phenoxy) is 2. The largest absolute Gasteiger partial charge is 0.490 e. The summed E-state index contributed by atoms with van der Waals surface area (Å²) in [6.07, 6.45) is 4.55. The zero-order valence-electron chi connectivity index (χ0n) is 15.4. The molecule has 1 N–H and O–H groups in total. The van der Waals surface area contributed by atoms with Crippen LogP contribution in [0.2, 0.25) is 0 Å². The van der Waals surface area contributed by atoms with Gasteiger partial charge in [0.2, 0.25) is 6.10 Å². The average Bonchev–Trinajstić information content (AvgIpc) is 3.40. The highest BCUT2D eigenvalue weighted by atomic mass is 16.6. The highest BCUT2D eigenvalue weighted by Gasteiger charge is 2.33. The summed E-state index contributed by atoms with van der Waals surface area (Å²) < 4.78 is 11.4. The van der Waals surface area contributed by atoms with Crippen LogP contribution in [0.1, 0.15) is 43.2 Å². The molecule has 1 unspecified atom stereocenters. The lowest BCUT2D eigenvalue weighted by Crippen LogP contribution is -2.45. The third-order valence-corrected chi connectivity index (χ3v) is 5.43. The van der Waals surface area contributed by atoms with Crippen LogP contribution in [0.5, 0.6) is 5.75 Å². The molecular formula is C20H26N2O5. The molecule has 2 fully saturated rings. The molecule has 0 aromatic heterocycles. The molecule has 1 aromatic rings. The molecule has 3 aliphatic rings. The van der Waals surface area contributed by atoms with E-state index < -0.39 is 6.10 Å². The van der Waals surface area contributed by atoms with Crippen molar-refractivity contribution in [1.82, 2.24) is 4.90 Å². The van der Waals surface area contributed by atoms with Crippen molar-refractivity contribution in [2.24, 2.45) is 5.16 Å². The van der Waals surface area contributed by atoms with Gasteiger partial charge in [-0.25, -0.2) is 0 Å². The zero-order chi connectivity index (χ0) is 18.6. The Hall–Kier alpha value is -2.12. The fourth-order valence-corrected chi connectivity index (χ4v) is 3.83. The van der Waals surface area contributed by atoms with Gasteiger partial charge in [-0.15, -0.1) is 0 Å². The summed E-state index contributed by atoms with van der Waals surface area (Å²) in [5.74, 6) is 0.666. The van der Waals surface area contributed by atoms with Crippen molar-refractivity contribution >= 4 is 11.6 Å². The van der Waals surface area contributed by atoms with Gasteiger partial charge in [0.05, 0.1) is 31.6 Å². The molecule has 0 spiro atoms. The number of hydrogen-bond donors (Lipinski definition) is 1. The van der Waals surface area contributed by atoms with Crippen molar-refractivity contribution in [3.8, 4) is 5.75 Å². The Labute approximate surface area is 158 Å². The van der Waals surface area contributed by atoms with E-state index in [1.54, 1.807) is 4.90 Å². The maximum Gasteiger partial charge on any atom is 0.267 e. The minimum absolute atomic E-state index is 0.0357. The Morgan fingerprint density at radius 2 is 2.04 bits per heavy atom. The number of oxime groups is 1. The van der Waals surface area contributed by atoms with Crippen molar-refractivity contribution in [2.75, 3.05) is 26.3 Å². The minimum atomic E-state index is -0.574. The molecular weight excluding hydrogens is 348 g/mol. The van der Waals surface area contributed by atoms with E-state index in [-0.39, 0.29) is 18.6 Å². The maximum atomic E-state index is 12.6. The molecule has 0 radical (unpaired) electrons. The first-order valence-electron chi connectivity index (χ1n) is 9.74. The Kier molecular flexibility index (Phi) is 5.59. The van der Waals surface area contributed by atoms with Crippen LogP contribution in [0.15, 0.2) is 23.4 Å². The molecule has 1 aromatic carbocycles. The molecule has 1 saturated carbocycles. The third-order valence-electron chi connectivity index (χ3n) is 5.43. The van der Waals surface area contributed by atoms with Crippen LogP contribution >= 0.6 is 0 Å². The number of hydrogen-bond acceptors (Lipinski definition) is 6. The van der Waals surface area contributed by atoms with Crippen LogP contribution in [-0.2, 0) is 21.0 Å². The summed E-state index contributed by atoms with van der Waals surface area (Å²) in [5.41, 5.74) is 2.38. The molecule has 4 rings (SSSR count). The summed E-state index contributed by atoms with van der Waals surface area (Å²) in [7, 11) is 0. The predicted molar refractivity (Wildman–Crippen MR) is 98.7 cm³/mol. The summed E-state index contributed by atoms with van der Waals surface area (Å²) >= 11 is 0. The van der Waals surface area contributed by atoms with Crippen LogP contribution in [0.3, 0.4) is 0 Å². The highest BCUT2D eigenvalue weighted by Crippen LogP contribution is 2.29. The van der Waals surface area contributed by atoms with Crippen LogP contribution in [0.4, 0.5) is 0 Å². The van der Waals surface area contributed by atoms with Crippen molar-refractivity contribution < 1.29 is 24.2 Å². The Morgan fingerprint density at radius 3 is 2.78 bits per heavy atom. The maximum absolute atomic E-state index is 12.6. The number of morpholine rings is 1. The smallest absolute Gasteiger partial charge is 0.267 e. The van der Waals surface area contributed by atoms with Gasteiger partial charge in [0.1, 0.15) is 5.75 Å². The SMILES string of the molecule is O=C(C1CC(c2ccc(CO)c(OC3CCCC3)c2)=NO1)N1CCOCC1. The molecule has 7 heteroatoms. The number of carbonyl (C=O) groups excluding carboxylic acids is 1. The fraction of sp³-hybridized carbons (Fsp3) is 0.600. The lowest BCUT2D eigenvalue weighted by atomic mass is 10.0. The number of aliphatic hydroxyl groups excluding tert-OH is 1. The molecule has 7 nitrogen and oxygen atoms in total. The number of nitrogens with zero attached hydrogens (tertiary/aromatic N) is 2. The van der Waals surface area contributed by atoms with Gasteiger partial charge >= 0.3 is 0 Å². The second-order valence-corrected chi connectivity index (χ2v) is 7.28. The zero-order valence-corrected chi connectivity index (χ0v) is 15.4. The third kappa shape index (κ3) is 4.09. The molecule has 146 valence electrons. The molecule has 1 saturated heterocycles. The fourth-order valence-electron chi connectivity index (χ4n) is 3.83. The van der Waals surface area contributed by atoms with Crippen molar-refractivity contribution in [1.29, 1.82) is 0 Å². The summed E-state index contributed by atoms with van der Waals surface area (Å²) in [5, 5.41) is 13.8. The van der Waals surface area contributed by atoms with Gasteiger partial charge in [-0.1, -0.05) is 17.3 Å². The van der Waals surface area contributed by atoms with E-state index in [1.807, 2.05) is 18.2 Å². The lowest BCUT2D eigenvalue weighted by molar-refractivity contribution is -0.146. The second kappa shape index (κ2) is 8.27. The minimum Gasteiger partial charge on any atom is -0.490 e. The molecule has 2 heterocycles. The molecule has 1 atom stereocenters. The average molecular weight is 374 g/mol. The summed E-state index contributed by atoms with van der Waals surface area (Å²) in [6, 6.07) is 5.67. The first-order valence-corrected chi connectivity index (χ1v) is 9.74. The first kappa shape index (κ1) is 18.3. The van der Waals surface area contributed by atoms with Gasteiger partial charge in [-0.3, -0.25) is 4.79 Å². The number of benzene rings is 1. The van der Waals surface area contributed by atoms with E-state index in [2.05, 4.69) is 5.16 Å². The Morgan fingerprint density at radius 1 is 1.26 bits per heavy atom.